The van der Waals surface area contributed by atoms with E-state index in [2.05, 4.69) is 10.5 Å². The standard InChI is InChI=1S/C21H17FN2O4S/c22-16-6-8-20-18(12-16)19(9-10-29(20,26)27)23-24-21(25)13-28-17-7-5-14-3-1-2-4-15(14)11-17/h1-8,11-12H,9-10,13H2,(H,24,25)/b23-19-. The van der Waals surface area contributed by atoms with Gasteiger partial charge < -0.3 is 4.74 Å². The third-order valence-electron chi connectivity index (χ3n) is 4.60. The minimum absolute atomic E-state index is 0.0190. The highest BCUT2D eigenvalue weighted by atomic mass is 32.2. The molecule has 1 aliphatic rings. The van der Waals surface area contributed by atoms with Crippen LogP contribution in [0.4, 0.5) is 4.39 Å². The molecule has 1 N–H and O–H groups in total. The summed E-state index contributed by atoms with van der Waals surface area (Å²) < 4.78 is 43.4. The van der Waals surface area contributed by atoms with Gasteiger partial charge in [0.25, 0.3) is 5.91 Å². The van der Waals surface area contributed by atoms with Gasteiger partial charge in [0, 0.05) is 12.0 Å². The quantitative estimate of drug-likeness (QED) is 0.527. The molecular formula is C21H17FN2O4S. The van der Waals surface area contributed by atoms with Crippen molar-refractivity contribution in [2.24, 2.45) is 5.10 Å². The monoisotopic (exact) mass is 412 g/mol. The van der Waals surface area contributed by atoms with Gasteiger partial charge >= 0.3 is 0 Å². The number of carbonyl (C=O) groups excluding carboxylic acids is 1. The molecule has 0 atom stereocenters. The number of carbonyl (C=O) groups is 1. The van der Waals surface area contributed by atoms with Gasteiger partial charge in [-0.2, -0.15) is 5.10 Å². The first kappa shape index (κ1) is 19.1. The number of benzene rings is 3. The van der Waals surface area contributed by atoms with E-state index in [1.807, 2.05) is 36.4 Å². The number of hydrazone groups is 1. The molecule has 0 aromatic heterocycles. The Morgan fingerprint density at radius 3 is 2.69 bits per heavy atom. The van der Waals surface area contributed by atoms with Crippen molar-refractivity contribution in [2.75, 3.05) is 12.4 Å². The molecule has 1 aliphatic heterocycles. The Bertz CT molecular complexity index is 1240. The molecule has 0 fully saturated rings. The zero-order valence-corrected chi connectivity index (χ0v) is 16.1. The van der Waals surface area contributed by atoms with Crippen LogP contribution < -0.4 is 10.2 Å². The Morgan fingerprint density at radius 1 is 1.07 bits per heavy atom. The highest BCUT2D eigenvalue weighted by Crippen LogP contribution is 2.26. The first-order valence-corrected chi connectivity index (χ1v) is 10.6. The van der Waals surface area contributed by atoms with Crippen molar-refractivity contribution >= 4 is 32.2 Å². The molecular weight excluding hydrogens is 395 g/mol. The van der Waals surface area contributed by atoms with Gasteiger partial charge in [0.15, 0.2) is 16.4 Å². The lowest BCUT2D eigenvalue weighted by atomic mass is 10.1. The number of amides is 1. The largest absolute Gasteiger partial charge is 0.484 e. The third kappa shape index (κ3) is 4.12. The zero-order chi connectivity index (χ0) is 20.4. The molecule has 0 aliphatic carbocycles. The fraction of sp³-hybridized carbons (Fsp3) is 0.143. The van der Waals surface area contributed by atoms with Crippen molar-refractivity contribution in [1.29, 1.82) is 0 Å². The van der Waals surface area contributed by atoms with Crippen LogP contribution in [-0.2, 0) is 14.6 Å². The molecule has 29 heavy (non-hydrogen) atoms. The average molecular weight is 412 g/mol. The summed E-state index contributed by atoms with van der Waals surface area (Å²) in [5.41, 5.74) is 2.84. The van der Waals surface area contributed by atoms with Gasteiger partial charge in [0.1, 0.15) is 11.6 Å². The molecule has 8 heteroatoms. The molecule has 6 nitrogen and oxygen atoms in total. The van der Waals surface area contributed by atoms with E-state index >= 15 is 0 Å². The molecule has 3 aromatic rings. The number of ether oxygens (including phenoxy) is 1. The number of sulfone groups is 1. The number of fused-ring (bicyclic) bond motifs is 2. The van der Waals surface area contributed by atoms with E-state index in [9.17, 15) is 17.6 Å². The van der Waals surface area contributed by atoms with Gasteiger partial charge in [0.05, 0.1) is 16.4 Å². The predicted molar refractivity (Wildman–Crippen MR) is 107 cm³/mol. The molecule has 0 saturated heterocycles. The normalized spacial score (nSPS) is 16.4. The van der Waals surface area contributed by atoms with E-state index in [0.29, 0.717) is 11.5 Å². The first-order valence-electron chi connectivity index (χ1n) is 8.92. The highest BCUT2D eigenvalue weighted by molar-refractivity contribution is 7.91. The number of rotatable bonds is 4. The zero-order valence-electron chi connectivity index (χ0n) is 15.3. The van der Waals surface area contributed by atoms with Gasteiger partial charge in [-0.25, -0.2) is 18.2 Å². The molecule has 0 spiro atoms. The van der Waals surface area contributed by atoms with E-state index in [1.54, 1.807) is 6.07 Å². The molecule has 0 bridgehead atoms. The van der Waals surface area contributed by atoms with Crippen molar-refractivity contribution in [1.82, 2.24) is 5.43 Å². The fourth-order valence-corrected chi connectivity index (χ4v) is 4.63. The maximum Gasteiger partial charge on any atom is 0.277 e. The summed E-state index contributed by atoms with van der Waals surface area (Å²) in [5.74, 6) is -0.673. The van der Waals surface area contributed by atoms with Crippen molar-refractivity contribution in [3.05, 3.63) is 72.0 Å². The van der Waals surface area contributed by atoms with Crippen LogP contribution in [0.3, 0.4) is 0 Å². The van der Waals surface area contributed by atoms with Crippen LogP contribution in [0.25, 0.3) is 10.8 Å². The second-order valence-electron chi connectivity index (χ2n) is 6.60. The van der Waals surface area contributed by atoms with Crippen molar-refractivity contribution in [2.45, 2.75) is 11.3 Å². The summed E-state index contributed by atoms with van der Waals surface area (Å²) in [5, 5.41) is 6.06. The van der Waals surface area contributed by atoms with Crippen LogP contribution in [0.2, 0.25) is 0 Å². The minimum Gasteiger partial charge on any atom is -0.484 e. The Labute approximate surface area is 166 Å². The summed E-state index contributed by atoms with van der Waals surface area (Å²) >= 11 is 0. The summed E-state index contributed by atoms with van der Waals surface area (Å²) in [6, 6.07) is 16.7. The summed E-state index contributed by atoms with van der Waals surface area (Å²) in [7, 11) is -3.48. The summed E-state index contributed by atoms with van der Waals surface area (Å²) in [6.45, 7) is -0.260. The highest BCUT2D eigenvalue weighted by Gasteiger charge is 2.28. The summed E-state index contributed by atoms with van der Waals surface area (Å²) in [4.78, 5) is 12.1. The Hall–Kier alpha value is -3.26. The van der Waals surface area contributed by atoms with Crippen LogP contribution in [-0.4, -0.2) is 32.4 Å². The molecule has 4 rings (SSSR count). The van der Waals surface area contributed by atoms with E-state index in [4.69, 9.17) is 4.74 Å². The van der Waals surface area contributed by atoms with Gasteiger partial charge in [-0.05, 0) is 41.1 Å². The lowest BCUT2D eigenvalue weighted by Gasteiger charge is -2.18. The van der Waals surface area contributed by atoms with Crippen LogP contribution >= 0.6 is 0 Å². The van der Waals surface area contributed by atoms with Crippen LogP contribution in [0, 0.1) is 5.82 Å². The van der Waals surface area contributed by atoms with Crippen LogP contribution in [0.15, 0.2) is 70.7 Å². The molecule has 1 amide bonds. The first-order chi connectivity index (χ1) is 13.9. The average Bonchev–Trinajstić information content (AvgIpc) is 2.71. The fourth-order valence-electron chi connectivity index (χ4n) is 3.16. The Balaban J connectivity index is 1.45. The van der Waals surface area contributed by atoms with E-state index in [0.717, 1.165) is 22.9 Å². The van der Waals surface area contributed by atoms with E-state index in [1.165, 1.54) is 6.07 Å². The van der Waals surface area contributed by atoms with Crippen molar-refractivity contribution in [3.8, 4) is 5.75 Å². The number of halogens is 1. The lowest BCUT2D eigenvalue weighted by molar-refractivity contribution is -0.123. The predicted octanol–water partition coefficient (Wildman–Crippen LogP) is 3.06. The Morgan fingerprint density at radius 2 is 1.86 bits per heavy atom. The van der Waals surface area contributed by atoms with E-state index in [-0.39, 0.29) is 29.2 Å². The summed E-state index contributed by atoms with van der Waals surface area (Å²) in [6.07, 6.45) is 0.0879. The van der Waals surface area contributed by atoms with Crippen molar-refractivity contribution < 1.29 is 22.3 Å². The molecule has 0 saturated carbocycles. The van der Waals surface area contributed by atoms with Gasteiger partial charge in [0.2, 0.25) is 0 Å². The Kier molecular flexibility index (Phi) is 5.02. The molecule has 3 aromatic carbocycles. The number of hydrogen-bond acceptors (Lipinski definition) is 5. The lowest BCUT2D eigenvalue weighted by Crippen LogP contribution is -2.28. The van der Waals surface area contributed by atoms with Crippen LogP contribution in [0.1, 0.15) is 12.0 Å². The number of hydrogen-bond donors (Lipinski definition) is 1. The second-order valence-corrected chi connectivity index (χ2v) is 8.68. The molecule has 148 valence electrons. The smallest absolute Gasteiger partial charge is 0.277 e. The second kappa shape index (κ2) is 7.63. The third-order valence-corrected chi connectivity index (χ3v) is 6.37. The minimum atomic E-state index is -3.48. The molecule has 1 heterocycles. The maximum atomic E-state index is 13.6. The maximum absolute atomic E-state index is 13.6. The van der Waals surface area contributed by atoms with Gasteiger partial charge in [-0.3, -0.25) is 4.79 Å². The van der Waals surface area contributed by atoms with Crippen LogP contribution in [0.5, 0.6) is 5.75 Å². The van der Waals surface area contributed by atoms with Crippen molar-refractivity contribution in [3.63, 3.8) is 0 Å². The van der Waals surface area contributed by atoms with E-state index < -0.39 is 21.6 Å². The topological polar surface area (TPSA) is 84.8 Å². The number of nitrogens with one attached hydrogen (secondary N) is 1. The van der Waals surface area contributed by atoms with Gasteiger partial charge in [-0.15, -0.1) is 0 Å². The SMILES string of the molecule is O=C(COc1ccc2ccccc2c1)N/N=C1/CCS(=O)(=O)c2ccc(F)cc21. The molecule has 0 radical (unpaired) electrons. The van der Waals surface area contributed by atoms with Gasteiger partial charge in [-0.1, -0.05) is 30.3 Å². The number of nitrogens with zero attached hydrogens (tertiary/aromatic N) is 1. The molecule has 0 unspecified atom stereocenters.